The van der Waals surface area contributed by atoms with Crippen molar-refractivity contribution in [3.8, 4) is 11.4 Å². The summed E-state index contributed by atoms with van der Waals surface area (Å²) in [6, 6.07) is 12.4. The Hall–Kier alpha value is -2.94. The number of hydrogen-bond donors (Lipinski definition) is 1. The van der Waals surface area contributed by atoms with Gasteiger partial charge >= 0.3 is 6.61 Å². The van der Waals surface area contributed by atoms with Crippen molar-refractivity contribution in [2.45, 2.75) is 23.9 Å². The number of hydrogen-bond acceptors (Lipinski definition) is 5. The van der Waals surface area contributed by atoms with Crippen LogP contribution in [0.4, 0.5) is 8.78 Å². The van der Waals surface area contributed by atoms with Crippen LogP contribution >= 0.6 is 11.8 Å². The number of benzene rings is 2. The summed E-state index contributed by atoms with van der Waals surface area (Å²) >= 11 is 1.04. The van der Waals surface area contributed by atoms with Gasteiger partial charge in [-0.2, -0.15) is 8.78 Å². The maximum Gasteiger partial charge on any atom is 0.387 e. The molecule has 0 radical (unpaired) electrons. The van der Waals surface area contributed by atoms with E-state index in [0.717, 1.165) is 11.8 Å². The van der Waals surface area contributed by atoms with Crippen molar-refractivity contribution in [1.82, 2.24) is 9.55 Å². The number of nitrogens with zero attached hydrogens (tertiary/aromatic N) is 2. The fourth-order valence-electron chi connectivity index (χ4n) is 2.41. The molecule has 0 saturated carbocycles. The smallest absolute Gasteiger partial charge is 0.387 e. The van der Waals surface area contributed by atoms with Crippen LogP contribution in [-0.2, 0) is 4.79 Å². The van der Waals surface area contributed by atoms with Gasteiger partial charge < -0.3 is 10.5 Å². The summed E-state index contributed by atoms with van der Waals surface area (Å²) in [5.41, 5.74) is 5.87. The monoisotopic (exact) mass is 391 g/mol. The maximum atomic E-state index is 13.0. The Morgan fingerprint density at radius 2 is 1.85 bits per heavy atom. The van der Waals surface area contributed by atoms with Gasteiger partial charge in [-0.3, -0.25) is 14.2 Å². The van der Waals surface area contributed by atoms with Crippen molar-refractivity contribution in [3.05, 3.63) is 58.9 Å². The van der Waals surface area contributed by atoms with Crippen molar-refractivity contribution in [3.63, 3.8) is 0 Å². The minimum atomic E-state index is -2.94. The van der Waals surface area contributed by atoms with Gasteiger partial charge in [0.2, 0.25) is 5.91 Å². The van der Waals surface area contributed by atoms with Crippen molar-refractivity contribution >= 4 is 28.6 Å². The molecule has 1 heterocycles. The summed E-state index contributed by atoms with van der Waals surface area (Å²) in [5.74, 6) is -0.579. The Morgan fingerprint density at radius 3 is 2.48 bits per heavy atom. The van der Waals surface area contributed by atoms with E-state index in [-0.39, 0.29) is 16.5 Å². The molecule has 0 spiro atoms. The molecule has 0 saturated heterocycles. The molecule has 3 rings (SSSR count). The van der Waals surface area contributed by atoms with Crippen LogP contribution in [0.5, 0.6) is 5.75 Å². The van der Waals surface area contributed by atoms with Crippen molar-refractivity contribution in [2.75, 3.05) is 0 Å². The Labute approximate surface area is 157 Å². The van der Waals surface area contributed by atoms with E-state index in [1.54, 1.807) is 31.2 Å². The van der Waals surface area contributed by atoms with Crippen LogP contribution in [0.25, 0.3) is 16.6 Å². The average Bonchev–Trinajstić information content (AvgIpc) is 2.62. The highest BCUT2D eigenvalue weighted by Crippen LogP contribution is 2.26. The predicted octanol–water partition coefficient (Wildman–Crippen LogP) is 2.95. The molecule has 6 nitrogen and oxygen atoms in total. The predicted molar refractivity (Wildman–Crippen MR) is 98.5 cm³/mol. The van der Waals surface area contributed by atoms with E-state index in [1.165, 1.54) is 28.8 Å². The van der Waals surface area contributed by atoms with Crippen LogP contribution in [0.15, 0.2) is 58.5 Å². The van der Waals surface area contributed by atoms with Gasteiger partial charge in [0.05, 0.1) is 21.8 Å². The minimum Gasteiger partial charge on any atom is -0.435 e. The van der Waals surface area contributed by atoms with Gasteiger partial charge in [0.1, 0.15) is 5.75 Å². The highest BCUT2D eigenvalue weighted by atomic mass is 32.2. The molecular weight excluding hydrogens is 376 g/mol. The standard InChI is InChI=1S/C18H15F2N3O3S/c1-10(15(21)24)27-18-22-14-5-3-2-4-13(14)16(25)23(18)11-6-8-12(9-7-11)26-17(19)20/h2-10,17H,1H3,(H2,21,24). The van der Waals surface area contributed by atoms with Crippen LogP contribution in [0.1, 0.15) is 6.92 Å². The van der Waals surface area contributed by atoms with Gasteiger partial charge in [-0.05, 0) is 43.3 Å². The average molecular weight is 391 g/mol. The third kappa shape index (κ3) is 4.08. The zero-order valence-corrected chi connectivity index (χ0v) is 15.0. The number of alkyl halides is 2. The summed E-state index contributed by atoms with van der Waals surface area (Å²) in [6.07, 6.45) is 0. The van der Waals surface area contributed by atoms with E-state index in [0.29, 0.717) is 16.6 Å². The molecule has 1 atom stereocenters. The number of nitrogens with two attached hydrogens (primary N) is 1. The van der Waals surface area contributed by atoms with Crippen LogP contribution in [-0.4, -0.2) is 27.3 Å². The maximum absolute atomic E-state index is 13.0. The van der Waals surface area contributed by atoms with E-state index in [2.05, 4.69) is 9.72 Å². The first kappa shape index (κ1) is 18.8. The Kier molecular flexibility index (Phi) is 5.41. The number of primary amides is 1. The molecule has 0 bridgehead atoms. The number of rotatable bonds is 6. The quantitative estimate of drug-likeness (QED) is 0.516. The molecule has 0 aliphatic rings. The van der Waals surface area contributed by atoms with Crippen molar-refractivity contribution in [2.24, 2.45) is 5.73 Å². The molecule has 1 amide bonds. The second kappa shape index (κ2) is 7.75. The first-order valence-electron chi connectivity index (χ1n) is 7.90. The minimum absolute atomic E-state index is 0.0322. The SMILES string of the molecule is CC(Sc1nc2ccccc2c(=O)n1-c1ccc(OC(F)F)cc1)C(N)=O. The number of amides is 1. The van der Waals surface area contributed by atoms with E-state index in [4.69, 9.17) is 5.73 Å². The molecule has 27 heavy (non-hydrogen) atoms. The van der Waals surface area contributed by atoms with E-state index >= 15 is 0 Å². The van der Waals surface area contributed by atoms with Gasteiger partial charge in [-0.25, -0.2) is 4.98 Å². The fraction of sp³-hybridized carbons (Fsp3) is 0.167. The van der Waals surface area contributed by atoms with Gasteiger partial charge in [-0.1, -0.05) is 23.9 Å². The first-order chi connectivity index (χ1) is 12.9. The number of thioether (sulfide) groups is 1. The molecule has 2 aromatic carbocycles. The van der Waals surface area contributed by atoms with E-state index < -0.39 is 17.8 Å². The van der Waals surface area contributed by atoms with Gasteiger partial charge in [-0.15, -0.1) is 0 Å². The molecule has 9 heteroatoms. The lowest BCUT2D eigenvalue weighted by Gasteiger charge is -2.15. The first-order valence-corrected chi connectivity index (χ1v) is 8.78. The number of para-hydroxylation sites is 1. The summed E-state index contributed by atoms with van der Waals surface area (Å²) in [7, 11) is 0. The Balaban J connectivity index is 2.15. The largest absolute Gasteiger partial charge is 0.435 e. The van der Waals surface area contributed by atoms with Crippen LogP contribution in [0.3, 0.4) is 0 Å². The van der Waals surface area contributed by atoms with Crippen LogP contribution < -0.4 is 16.0 Å². The topological polar surface area (TPSA) is 87.2 Å². The molecule has 1 unspecified atom stereocenters. The molecule has 1 aromatic heterocycles. The third-order valence-electron chi connectivity index (χ3n) is 3.75. The van der Waals surface area contributed by atoms with Crippen LogP contribution in [0, 0.1) is 0 Å². The number of carbonyl (C=O) groups excluding carboxylic acids is 1. The van der Waals surface area contributed by atoms with E-state index in [1.807, 2.05) is 0 Å². The molecule has 0 aliphatic carbocycles. The van der Waals surface area contributed by atoms with Crippen molar-refractivity contribution in [1.29, 1.82) is 0 Å². The second-order valence-corrected chi connectivity index (χ2v) is 6.89. The molecular formula is C18H15F2N3O3S. The van der Waals surface area contributed by atoms with Gasteiger partial charge in [0.25, 0.3) is 5.56 Å². The number of carbonyl (C=O) groups is 1. The zero-order chi connectivity index (χ0) is 19.6. The zero-order valence-electron chi connectivity index (χ0n) is 14.1. The highest BCUT2D eigenvalue weighted by molar-refractivity contribution is 8.00. The summed E-state index contributed by atoms with van der Waals surface area (Å²) in [6.45, 7) is -1.33. The number of ether oxygens (including phenoxy) is 1. The number of aromatic nitrogens is 2. The molecule has 0 fully saturated rings. The van der Waals surface area contributed by atoms with Gasteiger partial charge in [0, 0.05) is 0 Å². The lowest BCUT2D eigenvalue weighted by molar-refractivity contribution is -0.117. The summed E-state index contributed by atoms with van der Waals surface area (Å²) in [5, 5.41) is 0.0414. The van der Waals surface area contributed by atoms with Gasteiger partial charge in [0.15, 0.2) is 5.16 Å². The molecule has 140 valence electrons. The Bertz CT molecular complexity index is 1040. The second-order valence-electron chi connectivity index (χ2n) is 5.59. The van der Waals surface area contributed by atoms with Crippen LogP contribution in [0.2, 0.25) is 0 Å². The molecule has 2 N–H and O–H groups in total. The highest BCUT2D eigenvalue weighted by Gasteiger charge is 2.18. The summed E-state index contributed by atoms with van der Waals surface area (Å²) in [4.78, 5) is 28.9. The number of fused-ring (bicyclic) bond motifs is 1. The number of halogens is 2. The lowest BCUT2D eigenvalue weighted by atomic mass is 10.2. The molecule has 3 aromatic rings. The Morgan fingerprint density at radius 1 is 1.19 bits per heavy atom. The summed E-state index contributed by atoms with van der Waals surface area (Å²) < 4.78 is 30.3. The lowest BCUT2D eigenvalue weighted by Crippen LogP contribution is -2.26. The van der Waals surface area contributed by atoms with Crippen molar-refractivity contribution < 1.29 is 18.3 Å². The normalized spacial score (nSPS) is 12.3. The third-order valence-corrected chi connectivity index (χ3v) is 4.82. The molecule has 0 aliphatic heterocycles. The van der Waals surface area contributed by atoms with E-state index in [9.17, 15) is 18.4 Å². The fourth-order valence-corrected chi connectivity index (χ4v) is 3.29.